The van der Waals surface area contributed by atoms with E-state index in [2.05, 4.69) is 5.32 Å². The molecule has 0 saturated carbocycles. The van der Waals surface area contributed by atoms with E-state index in [0.29, 0.717) is 12.3 Å². The highest BCUT2D eigenvalue weighted by Gasteiger charge is 2.01. The van der Waals surface area contributed by atoms with E-state index in [1.165, 1.54) is 0 Å². The van der Waals surface area contributed by atoms with Crippen LogP contribution in [0.2, 0.25) is 0 Å². The van der Waals surface area contributed by atoms with Gasteiger partial charge in [0.25, 0.3) is 12.4 Å². The van der Waals surface area contributed by atoms with Crippen LogP contribution in [0.1, 0.15) is 13.3 Å². The Bertz CT molecular complexity index is 364. The Kier molecular flexibility index (Phi) is 9.60. The van der Waals surface area contributed by atoms with Gasteiger partial charge in [-0.25, -0.2) is 0 Å². The van der Waals surface area contributed by atoms with Crippen molar-refractivity contribution in [1.29, 1.82) is 0 Å². The molecule has 0 saturated heterocycles. The molecule has 0 unspecified atom stereocenters. The van der Waals surface area contributed by atoms with Crippen molar-refractivity contribution in [2.24, 2.45) is 0 Å². The van der Waals surface area contributed by atoms with Crippen molar-refractivity contribution in [1.82, 2.24) is 5.32 Å². The monoisotopic (exact) mass is 269 g/mol. The quantitative estimate of drug-likeness (QED) is 0.760. The van der Waals surface area contributed by atoms with Crippen LogP contribution in [0.4, 0.5) is 0 Å². The zero-order chi connectivity index (χ0) is 14.5. The fourth-order valence-corrected chi connectivity index (χ4v) is 1.14. The highest BCUT2D eigenvalue weighted by molar-refractivity contribution is 5.77. The van der Waals surface area contributed by atoms with Gasteiger partial charge in [0, 0.05) is 6.54 Å². The Morgan fingerprint density at radius 2 is 1.84 bits per heavy atom. The summed E-state index contributed by atoms with van der Waals surface area (Å²) in [5.74, 6) is 1.33. The van der Waals surface area contributed by atoms with Crippen LogP contribution < -0.4 is 14.8 Å². The summed E-state index contributed by atoms with van der Waals surface area (Å²) >= 11 is 0. The molecule has 0 aliphatic heterocycles. The van der Waals surface area contributed by atoms with Crippen molar-refractivity contribution in [2.45, 2.75) is 13.3 Å². The Morgan fingerprint density at radius 1 is 1.32 bits per heavy atom. The van der Waals surface area contributed by atoms with Crippen LogP contribution in [0.5, 0.6) is 11.5 Å². The molecule has 0 fully saturated rings. The summed E-state index contributed by atoms with van der Waals surface area (Å²) in [5, 5.41) is 9.63. The lowest BCUT2D eigenvalue weighted by molar-refractivity contribution is -0.123. The number of carbonyl (C=O) groups is 2. The van der Waals surface area contributed by atoms with Gasteiger partial charge in [0.15, 0.2) is 6.61 Å². The number of benzene rings is 1. The average Bonchev–Trinajstić information content (AvgIpc) is 2.44. The summed E-state index contributed by atoms with van der Waals surface area (Å²) in [5.41, 5.74) is 0. The first-order valence-electron chi connectivity index (χ1n) is 5.79. The molecule has 6 nitrogen and oxygen atoms in total. The van der Waals surface area contributed by atoms with Crippen molar-refractivity contribution < 1.29 is 24.2 Å². The number of methoxy groups -OCH3 is 1. The summed E-state index contributed by atoms with van der Waals surface area (Å²) in [7, 11) is 1.61. The molecular weight excluding hydrogens is 250 g/mol. The standard InChI is InChI=1S/C12H17NO3.CH2O2/c1-3-8-13-12(14)9-16-11-6-4-10(15-2)5-7-11;2-1-3/h4-7H,3,8-9H2,1-2H3,(H,13,14);1H,(H,2,3). The van der Waals surface area contributed by atoms with E-state index in [-0.39, 0.29) is 19.0 Å². The minimum Gasteiger partial charge on any atom is -0.497 e. The van der Waals surface area contributed by atoms with Gasteiger partial charge in [-0.05, 0) is 30.7 Å². The van der Waals surface area contributed by atoms with Crippen molar-refractivity contribution in [3.8, 4) is 11.5 Å². The lowest BCUT2D eigenvalue weighted by Gasteiger charge is -2.07. The summed E-state index contributed by atoms with van der Waals surface area (Å²) in [6.07, 6.45) is 0.925. The van der Waals surface area contributed by atoms with Crippen LogP contribution in [0.25, 0.3) is 0 Å². The van der Waals surface area contributed by atoms with Crippen LogP contribution >= 0.6 is 0 Å². The van der Waals surface area contributed by atoms with Crippen molar-refractivity contribution >= 4 is 12.4 Å². The SMILES string of the molecule is CCCNC(=O)COc1ccc(OC)cc1.O=CO. The molecule has 0 radical (unpaired) electrons. The number of ether oxygens (including phenoxy) is 2. The maximum absolute atomic E-state index is 11.2. The third-order valence-corrected chi connectivity index (χ3v) is 2.00. The molecule has 1 amide bonds. The summed E-state index contributed by atoms with van der Waals surface area (Å²) in [6.45, 7) is 2.49. The molecule has 1 rings (SSSR count). The van der Waals surface area contributed by atoms with E-state index in [4.69, 9.17) is 19.4 Å². The fraction of sp³-hybridized carbons (Fsp3) is 0.385. The topological polar surface area (TPSA) is 84.9 Å². The average molecular weight is 269 g/mol. The first kappa shape index (κ1) is 16.8. The molecule has 2 N–H and O–H groups in total. The van der Waals surface area contributed by atoms with Crippen LogP contribution in [-0.4, -0.2) is 37.7 Å². The van der Waals surface area contributed by atoms with Gasteiger partial charge in [0.05, 0.1) is 7.11 Å². The molecule has 0 aromatic heterocycles. The van der Waals surface area contributed by atoms with Crippen LogP contribution in [0.3, 0.4) is 0 Å². The molecule has 19 heavy (non-hydrogen) atoms. The molecule has 0 aliphatic rings. The molecule has 0 aliphatic carbocycles. The largest absolute Gasteiger partial charge is 0.497 e. The van der Waals surface area contributed by atoms with E-state index >= 15 is 0 Å². The molecule has 1 aromatic carbocycles. The highest BCUT2D eigenvalue weighted by Crippen LogP contribution is 2.16. The van der Waals surface area contributed by atoms with Crippen molar-refractivity contribution in [3.05, 3.63) is 24.3 Å². The van der Waals surface area contributed by atoms with E-state index < -0.39 is 0 Å². The summed E-state index contributed by atoms with van der Waals surface area (Å²) in [4.78, 5) is 19.6. The van der Waals surface area contributed by atoms with Gasteiger partial charge >= 0.3 is 0 Å². The van der Waals surface area contributed by atoms with E-state index in [1.54, 1.807) is 31.4 Å². The highest BCUT2D eigenvalue weighted by atomic mass is 16.5. The predicted molar refractivity (Wildman–Crippen MR) is 70.5 cm³/mol. The maximum atomic E-state index is 11.2. The second-order valence-corrected chi connectivity index (χ2v) is 3.42. The van der Waals surface area contributed by atoms with Gasteiger partial charge in [-0.1, -0.05) is 6.92 Å². The van der Waals surface area contributed by atoms with Crippen LogP contribution in [0.15, 0.2) is 24.3 Å². The Morgan fingerprint density at radius 3 is 2.32 bits per heavy atom. The molecular formula is C13H19NO5. The lowest BCUT2D eigenvalue weighted by atomic mass is 10.3. The Balaban J connectivity index is 0.000000982. The minimum absolute atomic E-state index is 0.0479. The van der Waals surface area contributed by atoms with Gasteiger partial charge in [0.1, 0.15) is 11.5 Å². The van der Waals surface area contributed by atoms with Crippen molar-refractivity contribution in [2.75, 3.05) is 20.3 Å². The Hall–Kier alpha value is -2.24. The number of carbonyl (C=O) groups excluding carboxylic acids is 1. The van der Waals surface area contributed by atoms with Crippen LogP contribution in [0, 0.1) is 0 Å². The second kappa shape index (κ2) is 10.9. The first-order chi connectivity index (χ1) is 9.17. The van der Waals surface area contributed by atoms with E-state index in [9.17, 15) is 4.79 Å². The fourth-order valence-electron chi connectivity index (χ4n) is 1.14. The molecule has 0 heterocycles. The smallest absolute Gasteiger partial charge is 0.290 e. The zero-order valence-electron chi connectivity index (χ0n) is 11.1. The summed E-state index contributed by atoms with van der Waals surface area (Å²) < 4.78 is 10.3. The first-order valence-corrected chi connectivity index (χ1v) is 5.79. The third kappa shape index (κ3) is 8.48. The molecule has 6 heteroatoms. The number of hydrogen-bond acceptors (Lipinski definition) is 4. The Labute approximate surface area is 112 Å². The molecule has 106 valence electrons. The summed E-state index contributed by atoms with van der Waals surface area (Å²) in [6, 6.07) is 7.12. The number of carboxylic acid groups (broad SMARTS) is 1. The number of nitrogens with one attached hydrogen (secondary N) is 1. The molecule has 1 aromatic rings. The van der Waals surface area contributed by atoms with Crippen LogP contribution in [-0.2, 0) is 9.59 Å². The van der Waals surface area contributed by atoms with E-state index in [0.717, 1.165) is 12.2 Å². The lowest BCUT2D eigenvalue weighted by Crippen LogP contribution is -2.29. The van der Waals surface area contributed by atoms with Gasteiger partial charge < -0.3 is 19.9 Å². The predicted octanol–water partition coefficient (Wildman–Crippen LogP) is 1.30. The normalized spacial score (nSPS) is 8.74. The third-order valence-electron chi connectivity index (χ3n) is 2.00. The maximum Gasteiger partial charge on any atom is 0.290 e. The molecule has 0 bridgehead atoms. The van der Waals surface area contributed by atoms with Gasteiger partial charge in [-0.15, -0.1) is 0 Å². The number of rotatable bonds is 6. The number of hydrogen-bond donors (Lipinski definition) is 2. The van der Waals surface area contributed by atoms with Gasteiger partial charge in [-0.2, -0.15) is 0 Å². The molecule has 0 spiro atoms. The van der Waals surface area contributed by atoms with Crippen molar-refractivity contribution in [3.63, 3.8) is 0 Å². The van der Waals surface area contributed by atoms with Gasteiger partial charge in [-0.3, -0.25) is 9.59 Å². The second-order valence-electron chi connectivity index (χ2n) is 3.42. The van der Waals surface area contributed by atoms with Gasteiger partial charge in [0.2, 0.25) is 0 Å². The zero-order valence-corrected chi connectivity index (χ0v) is 11.1. The molecule has 0 atom stereocenters. The number of amides is 1. The van der Waals surface area contributed by atoms with E-state index in [1.807, 2.05) is 6.92 Å². The minimum atomic E-state index is -0.250.